The van der Waals surface area contributed by atoms with Crippen LogP contribution in [0.15, 0.2) is 24.3 Å². The highest BCUT2D eigenvalue weighted by Crippen LogP contribution is 2.32. The molecule has 0 unspecified atom stereocenters. The quantitative estimate of drug-likeness (QED) is 0.884. The van der Waals surface area contributed by atoms with E-state index < -0.39 is 0 Å². The minimum atomic E-state index is 0.460. The number of nitrogens with one attached hydrogen (secondary N) is 1. The molecule has 0 aromatic heterocycles. The fourth-order valence-corrected chi connectivity index (χ4v) is 2.93. The van der Waals surface area contributed by atoms with Gasteiger partial charge in [0.1, 0.15) is 0 Å². The van der Waals surface area contributed by atoms with Gasteiger partial charge in [-0.3, -0.25) is 0 Å². The lowest BCUT2D eigenvalue weighted by Gasteiger charge is -2.36. The monoisotopic (exact) mass is 246 g/mol. The minimum absolute atomic E-state index is 0.460. The van der Waals surface area contributed by atoms with Gasteiger partial charge in [-0.1, -0.05) is 12.1 Å². The van der Waals surface area contributed by atoms with Gasteiger partial charge in [0, 0.05) is 26.2 Å². The Morgan fingerprint density at radius 1 is 1.17 bits per heavy atom. The lowest BCUT2D eigenvalue weighted by atomic mass is 9.89. The molecule has 3 nitrogen and oxygen atoms in total. The predicted octanol–water partition coefficient (Wildman–Crippen LogP) is 2.88. The van der Waals surface area contributed by atoms with E-state index in [1.54, 1.807) is 7.11 Å². The van der Waals surface area contributed by atoms with Crippen LogP contribution in [0.25, 0.3) is 0 Å². The van der Waals surface area contributed by atoms with Crippen molar-refractivity contribution in [2.24, 2.45) is 0 Å². The van der Waals surface area contributed by atoms with Crippen molar-refractivity contribution in [3.63, 3.8) is 0 Å². The second kappa shape index (κ2) is 5.19. The van der Waals surface area contributed by atoms with Gasteiger partial charge in [-0.05, 0) is 37.8 Å². The topological polar surface area (TPSA) is 24.5 Å². The fourth-order valence-electron chi connectivity index (χ4n) is 2.93. The molecule has 1 saturated carbocycles. The molecule has 0 amide bonds. The Morgan fingerprint density at radius 3 is 2.61 bits per heavy atom. The molecule has 0 atom stereocenters. The second-order valence-electron chi connectivity index (χ2n) is 5.38. The Labute approximate surface area is 109 Å². The first kappa shape index (κ1) is 11.8. The van der Waals surface area contributed by atoms with Crippen molar-refractivity contribution in [2.45, 2.75) is 37.8 Å². The number of methoxy groups -OCH3 is 1. The van der Waals surface area contributed by atoms with Crippen molar-refractivity contribution in [3.05, 3.63) is 24.3 Å². The third kappa shape index (κ3) is 2.32. The van der Waals surface area contributed by atoms with Gasteiger partial charge < -0.3 is 15.0 Å². The molecular weight excluding hydrogens is 224 g/mol. The van der Waals surface area contributed by atoms with Crippen LogP contribution in [0.2, 0.25) is 0 Å². The number of para-hydroxylation sites is 2. The first-order valence-corrected chi connectivity index (χ1v) is 7.00. The molecule has 0 radical (unpaired) electrons. The average molecular weight is 246 g/mol. The molecule has 18 heavy (non-hydrogen) atoms. The largest absolute Gasteiger partial charge is 0.381 e. The zero-order chi connectivity index (χ0) is 12.4. The third-order valence-electron chi connectivity index (χ3n) is 4.14. The Morgan fingerprint density at radius 2 is 1.89 bits per heavy atom. The molecule has 1 N–H and O–H groups in total. The van der Waals surface area contributed by atoms with Gasteiger partial charge in [0.15, 0.2) is 0 Å². The first-order valence-electron chi connectivity index (χ1n) is 7.00. The van der Waals surface area contributed by atoms with Gasteiger partial charge in [0.2, 0.25) is 0 Å². The summed E-state index contributed by atoms with van der Waals surface area (Å²) in [6.45, 7) is 2.40. The van der Waals surface area contributed by atoms with Gasteiger partial charge in [-0.25, -0.2) is 0 Å². The van der Waals surface area contributed by atoms with Gasteiger partial charge in [0.05, 0.1) is 17.5 Å². The molecular formula is C15H22N2O. The summed E-state index contributed by atoms with van der Waals surface area (Å²) in [4.78, 5) is 2.49. The van der Waals surface area contributed by atoms with Crippen LogP contribution in [0.5, 0.6) is 0 Å². The summed E-state index contributed by atoms with van der Waals surface area (Å²) in [7, 11) is 1.80. The standard InChI is InChI=1S/C15H22N2O/c1-18-13-10-12(11-13)16-14-6-2-3-7-15(14)17-8-4-5-9-17/h2-3,6-7,12-13,16H,4-5,8-11H2,1H3. The van der Waals surface area contributed by atoms with E-state index in [4.69, 9.17) is 4.74 Å². The zero-order valence-electron chi connectivity index (χ0n) is 11.1. The Bertz CT molecular complexity index is 395. The number of ether oxygens (including phenoxy) is 1. The molecule has 0 spiro atoms. The van der Waals surface area contributed by atoms with E-state index >= 15 is 0 Å². The number of anilines is 2. The maximum atomic E-state index is 5.33. The molecule has 3 rings (SSSR count). The van der Waals surface area contributed by atoms with E-state index in [2.05, 4.69) is 34.5 Å². The van der Waals surface area contributed by atoms with Crippen LogP contribution in [0, 0.1) is 0 Å². The summed E-state index contributed by atoms with van der Waals surface area (Å²) in [6, 6.07) is 9.28. The van der Waals surface area contributed by atoms with E-state index in [1.165, 1.54) is 37.3 Å². The van der Waals surface area contributed by atoms with Crippen LogP contribution in [0.1, 0.15) is 25.7 Å². The molecule has 1 aliphatic carbocycles. The average Bonchev–Trinajstić information content (AvgIpc) is 2.87. The summed E-state index contributed by atoms with van der Waals surface area (Å²) in [5.41, 5.74) is 2.66. The fraction of sp³-hybridized carbons (Fsp3) is 0.600. The van der Waals surface area contributed by atoms with Crippen molar-refractivity contribution in [1.82, 2.24) is 0 Å². The Kier molecular flexibility index (Phi) is 3.41. The molecule has 1 aliphatic heterocycles. The zero-order valence-corrected chi connectivity index (χ0v) is 11.1. The second-order valence-corrected chi connectivity index (χ2v) is 5.38. The van der Waals surface area contributed by atoms with Crippen LogP contribution >= 0.6 is 0 Å². The van der Waals surface area contributed by atoms with E-state index in [0.717, 1.165) is 12.8 Å². The molecule has 3 heteroatoms. The van der Waals surface area contributed by atoms with Crippen LogP contribution in [-0.4, -0.2) is 32.3 Å². The molecule has 2 fully saturated rings. The molecule has 98 valence electrons. The summed E-state index contributed by atoms with van der Waals surface area (Å²) in [5, 5.41) is 3.67. The van der Waals surface area contributed by atoms with Crippen molar-refractivity contribution in [1.29, 1.82) is 0 Å². The number of hydrogen-bond donors (Lipinski definition) is 1. The van der Waals surface area contributed by atoms with E-state index in [1.807, 2.05) is 0 Å². The summed E-state index contributed by atoms with van der Waals surface area (Å²) >= 11 is 0. The highest BCUT2D eigenvalue weighted by Gasteiger charge is 2.29. The van der Waals surface area contributed by atoms with Crippen molar-refractivity contribution >= 4 is 11.4 Å². The first-order chi connectivity index (χ1) is 8.86. The molecule has 1 heterocycles. The summed E-state index contributed by atoms with van der Waals surface area (Å²) in [5.74, 6) is 0. The third-order valence-corrected chi connectivity index (χ3v) is 4.14. The van der Waals surface area contributed by atoms with Crippen molar-refractivity contribution in [2.75, 3.05) is 30.4 Å². The molecule has 1 aromatic carbocycles. The molecule has 1 saturated heterocycles. The van der Waals surface area contributed by atoms with Crippen LogP contribution < -0.4 is 10.2 Å². The summed E-state index contributed by atoms with van der Waals surface area (Å²) in [6.07, 6.45) is 5.37. The van der Waals surface area contributed by atoms with E-state index in [-0.39, 0.29) is 0 Å². The van der Waals surface area contributed by atoms with Crippen molar-refractivity contribution in [3.8, 4) is 0 Å². The van der Waals surface area contributed by atoms with Gasteiger partial charge in [0.25, 0.3) is 0 Å². The molecule has 1 aromatic rings. The van der Waals surface area contributed by atoms with Crippen LogP contribution in [-0.2, 0) is 4.74 Å². The minimum Gasteiger partial charge on any atom is -0.381 e. The SMILES string of the molecule is COC1CC(Nc2ccccc2N2CCCC2)C1. The highest BCUT2D eigenvalue weighted by atomic mass is 16.5. The lowest BCUT2D eigenvalue weighted by Crippen LogP contribution is -2.40. The molecule has 2 aliphatic rings. The highest BCUT2D eigenvalue weighted by molar-refractivity contribution is 5.70. The maximum absolute atomic E-state index is 5.33. The number of nitrogens with zero attached hydrogens (tertiary/aromatic N) is 1. The number of rotatable bonds is 4. The van der Waals surface area contributed by atoms with Crippen LogP contribution in [0.3, 0.4) is 0 Å². The van der Waals surface area contributed by atoms with E-state index in [0.29, 0.717) is 12.1 Å². The van der Waals surface area contributed by atoms with Crippen LogP contribution in [0.4, 0.5) is 11.4 Å². The van der Waals surface area contributed by atoms with E-state index in [9.17, 15) is 0 Å². The normalized spacial score (nSPS) is 27.1. The number of benzene rings is 1. The predicted molar refractivity (Wildman–Crippen MR) is 75.3 cm³/mol. The van der Waals surface area contributed by atoms with Gasteiger partial charge in [-0.2, -0.15) is 0 Å². The smallest absolute Gasteiger partial charge is 0.0610 e. The van der Waals surface area contributed by atoms with Gasteiger partial charge in [-0.15, -0.1) is 0 Å². The Hall–Kier alpha value is -1.22. The van der Waals surface area contributed by atoms with Crippen molar-refractivity contribution < 1.29 is 4.74 Å². The number of hydrogen-bond acceptors (Lipinski definition) is 3. The van der Waals surface area contributed by atoms with Gasteiger partial charge >= 0.3 is 0 Å². The summed E-state index contributed by atoms with van der Waals surface area (Å²) < 4.78 is 5.33. The Balaban J connectivity index is 1.68. The lowest BCUT2D eigenvalue weighted by molar-refractivity contribution is 0.0329. The maximum Gasteiger partial charge on any atom is 0.0610 e. The molecule has 0 bridgehead atoms.